The van der Waals surface area contributed by atoms with Gasteiger partial charge in [-0.05, 0) is 37.3 Å². The number of ether oxygens (including phenoxy) is 2. The van der Waals surface area contributed by atoms with E-state index in [2.05, 4.69) is 5.32 Å². The molecule has 2 aromatic carbocycles. The van der Waals surface area contributed by atoms with Crippen LogP contribution in [0.1, 0.15) is 22.8 Å². The molecule has 0 aromatic heterocycles. The average Bonchev–Trinajstić information content (AvgIpc) is 2.57. The number of nitrogens with zero attached hydrogens (tertiary/aromatic N) is 1. The van der Waals surface area contributed by atoms with Crippen LogP contribution in [0.2, 0.25) is 0 Å². The molecule has 0 aliphatic heterocycles. The molecule has 0 atom stereocenters. The van der Waals surface area contributed by atoms with E-state index in [1.807, 2.05) is 6.07 Å². The lowest BCUT2D eigenvalue weighted by molar-refractivity contribution is 0.102. The van der Waals surface area contributed by atoms with Crippen molar-refractivity contribution in [2.75, 3.05) is 19.0 Å². The molecule has 0 saturated carbocycles. The molecule has 2 rings (SSSR count). The average molecular weight is 314 g/mol. The van der Waals surface area contributed by atoms with Crippen molar-refractivity contribution in [3.63, 3.8) is 0 Å². The molecular formula is C17H15FN2O3. The van der Waals surface area contributed by atoms with Gasteiger partial charge in [0.1, 0.15) is 5.82 Å². The molecule has 0 bridgehead atoms. The zero-order chi connectivity index (χ0) is 16.8. The van der Waals surface area contributed by atoms with E-state index in [1.165, 1.54) is 43.5 Å². The van der Waals surface area contributed by atoms with Crippen LogP contribution in [-0.2, 0) is 0 Å². The summed E-state index contributed by atoms with van der Waals surface area (Å²) in [4.78, 5) is 12.5. The Labute approximate surface area is 133 Å². The summed E-state index contributed by atoms with van der Waals surface area (Å²) in [6.45, 7) is 2.11. The van der Waals surface area contributed by atoms with Crippen LogP contribution in [0, 0.1) is 17.1 Å². The van der Waals surface area contributed by atoms with Gasteiger partial charge in [-0.1, -0.05) is 0 Å². The molecule has 1 N–H and O–H groups in total. The van der Waals surface area contributed by atoms with Crippen LogP contribution in [0.15, 0.2) is 36.4 Å². The number of benzene rings is 2. The Balaban J connectivity index is 2.41. The van der Waals surface area contributed by atoms with Crippen LogP contribution in [0.5, 0.6) is 11.5 Å². The van der Waals surface area contributed by atoms with E-state index >= 15 is 0 Å². The highest BCUT2D eigenvalue weighted by Crippen LogP contribution is 2.33. The molecule has 118 valence electrons. The fraction of sp³-hybridized carbons (Fsp3) is 0.176. The van der Waals surface area contributed by atoms with Crippen molar-refractivity contribution in [3.8, 4) is 17.6 Å². The van der Waals surface area contributed by atoms with Gasteiger partial charge in [0.15, 0.2) is 11.5 Å². The van der Waals surface area contributed by atoms with Gasteiger partial charge in [-0.15, -0.1) is 0 Å². The van der Waals surface area contributed by atoms with E-state index < -0.39 is 11.7 Å². The molecular weight excluding hydrogens is 299 g/mol. The highest BCUT2D eigenvalue weighted by Gasteiger charge is 2.19. The number of nitrogens with one attached hydrogen (secondary N) is 1. The number of hydrogen-bond donors (Lipinski definition) is 1. The maximum absolute atomic E-state index is 12.9. The van der Waals surface area contributed by atoms with E-state index in [9.17, 15) is 9.18 Å². The summed E-state index contributed by atoms with van der Waals surface area (Å²) in [5, 5.41) is 11.7. The van der Waals surface area contributed by atoms with Crippen molar-refractivity contribution < 1.29 is 18.7 Å². The van der Waals surface area contributed by atoms with Gasteiger partial charge in [-0.2, -0.15) is 5.26 Å². The number of halogens is 1. The molecule has 5 nitrogen and oxygen atoms in total. The van der Waals surface area contributed by atoms with Gasteiger partial charge >= 0.3 is 0 Å². The summed E-state index contributed by atoms with van der Waals surface area (Å²) < 4.78 is 23.6. The second kappa shape index (κ2) is 7.27. The van der Waals surface area contributed by atoms with Gasteiger partial charge in [-0.25, -0.2) is 4.39 Å². The first-order chi connectivity index (χ1) is 11.1. The summed E-state index contributed by atoms with van der Waals surface area (Å²) in [7, 11) is 1.43. The minimum Gasteiger partial charge on any atom is -0.493 e. The molecule has 23 heavy (non-hydrogen) atoms. The van der Waals surface area contributed by atoms with Crippen LogP contribution in [0.25, 0.3) is 0 Å². The van der Waals surface area contributed by atoms with Gasteiger partial charge in [0.05, 0.1) is 30.9 Å². The number of hydrogen-bond acceptors (Lipinski definition) is 4. The molecule has 6 heteroatoms. The van der Waals surface area contributed by atoms with Gasteiger partial charge in [-0.3, -0.25) is 4.79 Å². The monoisotopic (exact) mass is 314 g/mol. The number of anilines is 1. The molecule has 0 fully saturated rings. The second-order valence-electron chi connectivity index (χ2n) is 4.56. The highest BCUT2D eigenvalue weighted by atomic mass is 19.1. The Morgan fingerprint density at radius 1 is 1.30 bits per heavy atom. The van der Waals surface area contributed by atoms with Crippen molar-refractivity contribution in [2.24, 2.45) is 0 Å². The number of carbonyl (C=O) groups excluding carboxylic acids is 1. The number of carbonyl (C=O) groups is 1. The number of methoxy groups -OCH3 is 1. The first kappa shape index (κ1) is 16.3. The van der Waals surface area contributed by atoms with E-state index in [4.69, 9.17) is 14.7 Å². The first-order valence-electron chi connectivity index (χ1n) is 6.91. The predicted molar refractivity (Wildman–Crippen MR) is 83.2 cm³/mol. The van der Waals surface area contributed by atoms with Crippen molar-refractivity contribution >= 4 is 11.6 Å². The minimum absolute atomic E-state index is 0.173. The molecule has 0 spiro atoms. The molecule has 0 heterocycles. The third-order valence-electron chi connectivity index (χ3n) is 3.04. The molecule has 0 unspecified atom stereocenters. The Hall–Kier alpha value is -3.07. The maximum Gasteiger partial charge on any atom is 0.259 e. The Morgan fingerprint density at radius 2 is 2.00 bits per heavy atom. The molecule has 0 saturated heterocycles. The SMILES string of the molecule is CCOc1c(OC)cc(C#N)cc1C(=O)Nc1ccc(F)cc1. The van der Waals surface area contributed by atoms with Gasteiger partial charge in [0.25, 0.3) is 5.91 Å². The molecule has 0 radical (unpaired) electrons. The second-order valence-corrected chi connectivity index (χ2v) is 4.56. The fourth-order valence-corrected chi connectivity index (χ4v) is 2.01. The fourth-order valence-electron chi connectivity index (χ4n) is 2.01. The van der Waals surface area contributed by atoms with Gasteiger partial charge < -0.3 is 14.8 Å². The quantitative estimate of drug-likeness (QED) is 0.918. The van der Waals surface area contributed by atoms with Crippen LogP contribution < -0.4 is 14.8 Å². The summed E-state index contributed by atoms with van der Waals surface area (Å²) >= 11 is 0. The molecule has 2 aromatic rings. The lowest BCUT2D eigenvalue weighted by Gasteiger charge is -2.14. The number of nitriles is 1. The van der Waals surface area contributed by atoms with Crippen molar-refractivity contribution in [3.05, 3.63) is 53.3 Å². The van der Waals surface area contributed by atoms with E-state index in [0.717, 1.165) is 0 Å². The Bertz CT molecular complexity index is 752. The van der Waals surface area contributed by atoms with Gasteiger partial charge in [0, 0.05) is 11.8 Å². The van der Waals surface area contributed by atoms with Crippen LogP contribution in [0.3, 0.4) is 0 Å². The predicted octanol–water partition coefficient (Wildman–Crippen LogP) is 3.36. The summed E-state index contributed by atoms with van der Waals surface area (Å²) in [5.74, 6) is -0.314. The Kier molecular flexibility index (Phi) is 5.15. The number of amides is 1. The van der Waals surface area contributed by atoms with E-state index in [-0.39, 0.29) is 16.9 Å². The molecule has 0 aliphatic carbocycles. The van der Waals surface area contributed by atoms with Crippen molar-refractivity contribution in [1.82, 2.24) is 0 Å². The summed E-state index contributed by atoms with van der Waals surface area (Å²) in [5.41, 5.74) is 0.877. The van der Waals surface area contributed by atoms with E-state index in [0.29, 0.717) is 18.0 Å². The van der Waals surface area contributed by atoms with Crippen LogP contribution in [0.4, 0.5) is 10.1 Å². The van der Waals surface area contributed by atoms with Crippen LogP contribution >= 0.6 is 0 Å². The third kappa shape index (κ3) is 3.77. The van der Waals surface area contributed by atoms with Crippen molar-refractivity contribution in [2.45, 2.75) is 6.92 Å². The topological polar surface area (TPSA) is 71.3 Å². The zero-order valence-corrected chi connectivity index (χ0v) is 12.7. The van der Waals surface area contributed by atoms with Crippen LogP contribution in [-0.4, -0.2) is 19.6 Å². The zero-order valence-electron chi connectivity index (χ0n) is 12.7. The number of rotatable bonds is 5. The first-order valence-corrected chi connectivity index (χ1v) is 6.91. The smallest absolute Gasteiger partial charge is 0.259 e. The lowest BCUT2D eigenvalue weighted by Crippen LogP contribution is -2.14. The summed E-state index contributed by atoms with van der Waals surface area (Å²) in [6, 6.07) is 10.3. The normalized spacial score (nSPS) is 9.83. The largest absolute Gasteiger partial charge is 0.493 e. The molecule has 0 aliphatic rings. The maximum atomic E-state index is 12.9. The highest BCUT2D eigenvalue weighted by molar-refractivity contribution is 6.07. The summed E-state index contributed by atoms with van der Waals surface area (Å²) in [6.07, 6.45) is 0. The minimum atomic E-state index is -0.476. The van der Waals surface area contributed by atoms with E-state index in [1.54, 1.807) is 6.92 Å². The van der Waals surface area contributed by atoms with Gasteiger partial charge in [0.2, 0.25) is 0 Å². The molecule has 1 amide bonds. The lowest BCUT2D eigenvalue weighted by atomic mass is 10.1. The van der Waals surface area contributed by atoms with Crippen molar-refractivity contribution in [1.29, 1.82) is 5.26 Å². The standard InChI is InChI=1S/C17H15FN2O3/c1-3-23-16-14(8-11(10-19)9-15(16)22-2)17(21)20-13-6-4-12(18)5-7-13/h4-9H,3H2,1-2H3,(H,20,21). The Morgan fingerprint density at radius 3 is 2.57 bits per heavy atom. The third-order valence-corrected chi connectivity index (χ3v) is 3.04.